The number of ether oxygens (including phenoxy) is 1. The van der Waals surface area contributed by atoms with E-state index in [1.165, 1.54) is 199 Å². The molecular weight excluding hydrogens is 779 g/mol. The first-order chi connectivity index (χ1) is 31.0. The predicted molar refractivity (Wildman–Crippen MR) is 273 cm³/mol. The molecule has 0 saturated heterocycles. The van der Waals surface area contributed by atoms with Crippen molar-refractivity contribution in [3.63, 3.8) is 0 Å². The van der Waals surface area contributed by atoms with Crippen LogP contribution in [0.2, 0.25) is 0 Å². The van der Waals surface area contributed by atoms with Gasteiger partial charge in [0, 0.05) is 12.8 Å². The first-order valence-corrected chi connectivity index (χ1v) is 28.1. The number of aliphatic hydroxyl groups is 2. The van der Waals surface area contributed by atoms with Gasteiger partial charge in [0.1, 0.15) is 0 Å². The Hall–Kier alpha value is -1.66. The minimum atomic E-state index is -0.866. The zero-order valence-electron chi connectivity index (χ0n) is 42.3. The summed E-state index contributed by atoms with van der Waals surface area (Å²) in [6.07, 6.45) is 63.4. The largest absolute Gasteiger partial charge is 0.466 e. The molecule has 0 radical (unpaired) electrons. The molecule has 0 aromatic carbocycles. The lowest BCUT2D eigenvalue weighted by Crippen LogP contribution is -2.45. The van der Waals surface area contributed by atoms with Crippen molar-refractivity contribution in [1.82, 2.24) is 5.32 Å². The Morgan fingerprint density at radius 2 is 0.746 bits per heavy atom. The van der Waals surface area contributed by atoms with Crippen molar-refractivity contribution in [2.24, 2.45) is 0 Å². The maximum atomic E-state index is 12.5. The van der Waals surface area contributed by atoms with Gasteiger partial charge >= 0.3 is 5.97 Å². The summed E-state index contributed by atoms with van der Waals surface area (Å²) in [5, 5.41) is 23.1. The number of hydrogen-bond acceptors (Lipinski definition) is 5. The third kappa shape index (κ3) is 49.6. The zero-order valence-corrected chi connectivity index (χ0v) is 42.3. The predicted octanol–water partition coefficient (Wildman–Crippen LogP) is 17.1. The van der Waals surface area contributed by atoms with Gasteiger partial charge in [0.2, 0.25) is 5.91 Å². The molecular formula is C57H109NO5. The highest BCUT2D eigenvalue weighted by Crippen LogP contribution is 2.17. The molecule has 0 fully saturated rings. The minimum Gasteiger partial charge on any atom is -0.466 e. The summed E-state index contributed by atoms with van der Waals surface area (Å²) in [7, 11) is 0. The normalized spacial score (nSPS) is 12.8. The van der Waals surface area contributed by atoms with Gasteiger partial charge in [-0.2, -0.15) is 0 Å². The number of allylic oxidation sites excluding steroid dienone is 3. The molecule has 0 aliphatic carbocycles. The van der Waals surface area contributed by atoms with Gasteiger partial charge in [-0.1, -0.05) is 256 Å². The molecule has 6 nitrogen and oxygen atoms in total. The number of amides is 1. The molecule has 2 unspecified atom stereocenters. The number of hydrogen-bond donors (Lipinski definition) is 3. The molecule has 0 aromatic heterocycles. The van der Waals surface area contributed by atoms with Gasteiger partial charge in [-0.05, 0) is 57.8 Å². The van der Waals surface area contributed by atoms with Gasteiger partial charge in [-0.25, -0.2) is 0 Å². The summed E-state index contributed by atoms with van der Waals surface area (Å²) >= 11 is 0. The van der Waals surface area contributed by atoms with Gasteiger partial charge < -0.3 is 20.3 Å². The van der Waals surface area contributed by atoms with Crippen LogP contribution >= 0.6 is 0 Å². The smallest absolute Gasteiger partial charge is 0.305 e. The summed E-state index contributed by atoms with van der Waals surface area (Å²) < 4.78 is 5.42. The van der Waals surface area contributed by atoms with E-state index in [4.69, 9.17) is 4.74 Å². The average Bonchev–Trinajstić information content (AvgIpc) is 3.28. The van der Waals surface area contributed by atoms with E-state index in [0.29, 0.717) is 19.4 Å². The van der Waals surface area contributed by atoms with Crippen molar-refractivity contribution in [3.05, 3.63) is 24.3 Å². The minimum absolute atomic E-state index is 0.0372. The van der Waals surface area contributed by atoms with Crippen molar-refractivity contribution < 1.29 is 24.5 Å². The lowest BCUT2D eigenvalue weighted by Gasteiger charge is -2.20. The molecule has 0 heterocycles. The van der Waals surface area contributed by atoms with Crippen LogP contribution < -0.4 is 5.32 Å². The number of nitrogens with one attached hydrogen (secondary N) is 1. The summed E-state index contributed by atoms with van der Waals surface area (Å²) in [6.45, 7) is 4.83. The Labute approximate surface area is 392 Å². The Morgan fingerprint density at radius 1 is 0.429 bits per heavy atom. The van der Waals surface area contributed by atoms with E-state index in [9.17, 15) is 19.8 Å². The van der Waals surface area contributed by atoms with Crippen LogP contribution in [0.3, 0.4) is 0 Å². The van der Waals surface area contributed by atoms with Gasteiger partial charge in [0.25, 0.3) is 0 Å². The number of carbonyl (C=O) groups is 2. The van der Waals surface area contributed by atoms with E-state index in [1.54, 1.807) is 6.08 Å². The lowest BCUT2D eigenvalue weighted by atomic mass is 10.0. The van der Waals surface area contributed by atoms with Gasteiger partial charge in [0.15, 0.2) is 0 Å². The molecule has 0 aliphatic heterocycles. The molecule has 3 N–H and O–H groups in total. The zero-order chi connectivity index (χ0) is 45.8. The summed E-state index contributed by atoms with van der Waals surface area (Å²) in [5.74, 6) is -0.138. The van der Waals surface area contributed by atoms with E-state index in [0.717, 1.165) is 77.0 Å². The standard InChI is InChI=1S/C57H109NO5/c1-3-5-7-9-11-13-15-17-18-19-20-21-22-23-24-25-26-27-28-29-33-37-41-45-49-55(60)54(53-59)58-56(61)50-46-42-38-34-31-32-36-40-44-48-52-63-57(62)51-47-43-39-35-30-16-14-12-10-8-6-4-2/h32,36,45,49,54-55,59-60H,3-31,33-35,37-44,46-48,50-53H2,1-2H3,(H,58,61)/b36-32-,49-45+. The number of esters is 1. The van der Waals surface area contributed by atoms with Crippen molar-refractivity contribution in [1.29, 1.82) is 0 Å². The third-order valence-electron chi connectivity index (χ3n) is 13.0. The van der Waals surface area contributed by atoms with Crippen LogP contribution in [0.25, 0.3) is 0 Å². The summed E-state index contributed by atoms with van der Waals surface area (Å²) in [5.41, 5.74) is 0. The monoisotopic (exact) mass is 888 g/mol. The fraction of sp³-hybridized carbons (Fsp3) is 0.895. The van der Waals surface area contributed by atoms with Crippen LogP contribution in [-0.4, -0.2) is 47.4 Å². The topological polar surface area (TPSA) is 95.9 Å². The Bertz CT molecular complexity index is 982. The quantitative estimate of drug-likeness (QED) is 0.0321. The van der Waals surface area contributed by atoms with Crippen LogP contribution in [0.15, 0.2) is 24.3 Å². The molecule has 0 aliphatic rings. The molecule has 63 heavy (non-hydrogen) atoms. The van der Waals surface area contributed by atoms with E-state index in [-0.39, 0.29) is 18.5 Å². The number of carbonyl (C=O) groups excluding carboxylic acids is 2. The molecule has 0 bridgehead atoms. The maximum Gasteiger partial charge on any atom is 0.305 e. The van der Waals surface area contributed by atoms with Crippen molar-refractivity contribution in [3.8, 4) is 0 Å². The molecule has 1 amide bonds. The first kappa shape index (κ1) is 61.3. The van der Waals surface area contributed by atoms with E-state index in [1.807, 2.05) is 6.08 Å². The van der Waals surface area contributed by atoms with Gasteiger partial charge in [-0.3, -0.25) is 9.59 Å². The van der Waals surface area contributed by atoms with Crippen molar-refractivity contribution in [2.45, 2.75) is 315 Å². The molecule has 6 heteroatoms. The number of rotatable bonds is 52. The molecule has 0 spiro atoms. The van der Waals surface area contributed by atoms with Crippen LogP contribution in [-0.2, 0) is 14.3 Å². The van der Waals surface area contributed by atoms with Gasteiger partial charge in [-0.15, -0.1) is 0 Å². The summed E-state index contributed by atoms with van der Waals surface area (Å²) in [6, 6.07) is -0.653. The molecule has 2 atom stereocenters. The van der Waals surface area contributed by atoms with Crippen LogP contribution in [0.5, 0.6) is 0 Å². The number of aliphatic hydroxyl groups excluding tert-OH is 2. The highest BCUT2D eigenvalue weighted by molar-refractivity contribution is 5.76. The van der Waals surface area contributed by atoms with Gasteiger partial charge in [0.05, 0.1) is 25.4 Å². The fourth-order valence-corrected chi connectivity index (χ4v) is 8.63. The highest BCUT2D eigenvalue weighted by atomic mass is 16.5. The first-order valence-electron chi connectivity index (χ1n) is 28.1. The second-order valence-electron chi connectivity index (χ2n) is 19.3. The van der Waals surface area contributed by atoms with Crippen LogP contribution in [0.4, 0.5) is 0 Å². The average molecular weight is 889 g/mol. The second-order valence-corrected chi connectivity index (χ2v) is 19.3. The Morgan fingerprint density at radius 3 is 1.13 bits per heavy atom. The summed E-state index contributed by atoms with van der Waals surface area (Å²) in [4.78, 5) is 24.5. The fourth-order valence-electron chi connectivity index (χ4n) is 8.63. The Kier molecular flexibility index (Phi) is 51.6. The number of unbranched alkanes of at least 4 members (excludes halogenated alkanes) is 39. The van der Waals surface area contributed by atoms with E-state index < -0.39 is 12.1 Å². The van der Waals surface area contributed by atoms with Crippen LogP contribution in [0, 0.1) is 0 Å². The highest BCUT2D eigenvalue weighted by Gasteiger charge is 2.18. The molecule has 0 saturated carbocycles. The second kappa shape index (κ2) is 53.0. The lowest BCUT2D eigenvalue weighted by molar-refractivity contribution is -0.143. The molecule has 0 rings (SSSR count). The van der Waals surface area contributed by atoms with Crippen molar-refractivity contribution in [2.75, 3.05) is 13.2 Å². The van der Waals surface area contributed by atoms with Crippen molar-refractivity contribution >= 4 is 11.9 Å². The van der Waals surface area contributed by atoms with Crippen LogP contribution in [0.1, 0.15) is 303 Å². The molecule has 372 valence electrons. The third-order valence-corrected chi connectivity index (χ3v) is 13.0. The Balaban J connectivity index is 3.54. The SMILES string of the molecule is CCCCCCCCCCCCCCCCCCCCCCCC/C=C/C(O)C(CO)NC(=O)CCCCCC/C=C\CCCCOC(=O)CCCCCCCCCCCCCC. The molecule has 0 aromatic rings. The maximum absolute atomic E-state index is 12.5. The van der Waals surface area contributed by atoms with E-state index >= 15 is 0 Å². The van der Waals surface area contributed by atoms with E-state index in [2.05, 4.69) is 31.3 Å².